The Hall–Kier alpha value is -0.210. The molecule has 18 heavy (non-hydrogen) atoms. The Balaban J connectivity index is 3.10. The minimum Gasteiger partial charge on any atom is -0.304 e. The number of halogens is 6. The zero-order chi connectivity index (χ0) is 14.0. The maximum Gasteiger partial charge on any atom is 0.455 e. The van der Waals surface area contributed by atoms with Gasteiger partial charge in [-0.3, -0.25) is 0 Å². The highest BCUT2D eigenvalue weighted by Crippen LogP contribution is 2.47. The number of hydrogen-bond donors (Lipinski definition) is 1. The molecule has 0 bridgehead atoms. The van der Waals surface area contributed by atoms with Crippen molar-refractivity contribution in [2.24, 2.45) is 0 Å². The van der Waals surface area contributed by atoms with Gasteiger partial charge in [-0.25, -0.2) is 0 Å². The van der Waals surface area contributed by atoms with Crippen LogP contribution in [0.1, 0.15) is 24.3 Å². The van der Waals surface area contributed by atoms with E-state index in [1.807, 2.05) is 0 Å². The van der Waals surface area contributed by atoms with Gasteiger partial charge in [0.15, 0.2) is 0 Å². The van der Waals surface area contributed by atoms with E-state index in [1.54, 1.807) is 6.92 Å². The highest BCUT2D eigenvalue weighted by Gasteiger charge is 2.63. The van der Waals surface area contributed by atoms with Crippen molar-refractivity contribution in [2.75, 3.05) is 6.54 Å². The van der Waals surface area contributed by atoms with Gasteiger partial charge in [0.1, 0.15) is 6.04 Å². The zero-order valence-corrected chi connectivity index (χ0v) is 11.7. The third kappa shape index (κ3) is 3.21. The first-order valence-electron chi connectivity index (χ1n) is 5.12. The van der Waals surface area contributed by atoms with E-state index in [0.29, 0.717) is 6.42 Å². The SMILES string of the molecule is CCCNC(c1sccc1Br)C(F)(F)C(F)(F)F. The highest BCUT2D eigenvalue weighted by molar-refractivity contribution is 9.10. The fourth-order valence-electron chi connectivity index (χ4n) is 1.35. The summed E-state index contributed by atoms with van der Waals surface area (Å²) < 4.78 is 64.5. The first-order valence-corrected chi connectivity index (χ1v) is 6.80. The molecular weight excluding hydrogens is 341 g/mol. The fourth-order valence-corrected chi connectivity index (χ4v) is 3.06. The molecule has 0 aliphatic heterocycles. The van der Waals surface area contributed by atoms with E-state index in [-0.39, 0.29) is 15.9 Å². The standard InChI is InChI=1S/C10H11BrF5NS/c1-2-4-17-8(7-6(11)3-5-18-7)9(12,13)10(14,15)16/h3,5,8,17H,2,4H2,1H3. The summed E-state index contributed by atoms with van der Waals surface area (Å²) in [7, 11) is 0. The van der Waals surface area contributed by atoms with Gasteiger partial charge in [-0.05, 0) is 40.3 Å². The molecule has 1 N–H and O–H groups in total. The van der Waals surface area contributed by atoms with Crippen LogP contribution in [0.3, 0.4) is 0 Å². The molecule has 1 rings (SSSR count). The third-order valence-corrected chi connectivity index (χ3v) is 4.18. The van der Waals surface area contributed by atoms with E-state index in [4.69, 9.17) is 0 Å². The zero-order valence-electron chi connectivity index (χ0n) is 9.32. The lowest BCUT2D eigenvalue weighted by Gasteiger charge is -2.29. The van der Waals surface area contributed by atoms with Gasteiger partial charge in [-0.1, -0.05) is 6.92 Å². The molecule has 0 radical (unpaired) electrons. The van der Waals surface area contributed by atoms with Gasteiger partial charge in [-0.15, -0.1) is 11.3 Å². The molecule has 0 fully saturated rings. The van der Waals surface area contributed by atoms with Gasteiger partial charge in [0.05, 0.1) is 0 Å². The van der Waals surface area contributed by atoms with Crippen molar-refractivity contribution in [3.63, 3.8) is 0 Å². The molecule has 1 heterocycles. The van der Waals surface area contributed by atoms with E-state index in [9.17, 15) is 22.0 Å². The van der Waals surface area contributed by atoms with Crippen LogP contribution in [-0.2, 0) is 0 Å². The summed E-state index contributed by atoms with van der Waals surface area (Å²) >= 11 is 3.85. The van der Waals surface area contributed by atoms with Gasteiger partial charge in [0.25, 0.3) is 0 Å². The van der Waals surface area contributed by atoms with E-state index in [1.165, 1.54) is 11.4 Å². The molecule has 1 aromatic rings. The largest absolute Gasteiger partial charge is 0.455 e. The van der Waals surface area contributed by atoms with Gasteiger partial charge in [0, 0.05) is 9.35 Å². The first kappa shape index (κ1) is 15.8. The Morgan fingerprint density at radius 3 is 2.33 bits per heavy atom. The van der Waals surface area contributed by atoms with Crippen LogP contribution < -0.4 is 5.32 Å². The van der Waals surface area contributed by atoms with Crippen LogP contribution >= 0.6 is 27.3 Å². The topological polar surface area (TPSA) is 12.0 Å². The first-order chi connectivity index (χ1) is 8.21. The van der Waals surface area contributed by atoms with E-state index in [0.717, 1.165) is 11.3 Å². The molecule has 1 nitrogen and oxygen atoms in total. The highest BCUT2D eigenvalue weighted by atomic mass is 79.9. The summed E-state index contributed by atoms with van der Waals surface area (Å²) in [5, 5.41) is 3.73. The second-order valence-electron chi connectivity index (χ2n) is 3.64. The maximum absolute atomic E-state index is 13.5. The monoisotopic (exact) mass is 351 g/mol. The number of thiophene rings is 1. The van der Waals surface area contributed by atoms with Crippen LogP contribution in [-0.4, -0.2) is 18.6 Å². The fraction of sp³-hybridized carbons (Fsp3) is 0.600. The summed E-state index contributed by atoms with van der Waals surface area (Å²) in [5.41, 5.74) is 0. The van der Waals surface area contributed by atoms with Crippen molar-refractivity contribution in [3.05, 3.63) is 20.8 Å². The lowest BCUT2D eigenvalue weighted by atomic mass is 10.1. The van der Waals surface area contributed by atoms with Gasteiger partial charge < -0.3 is 5.32 Å². The molecule has 0 spiro atoms. The molecule has 0 amide bonds. The van der Waals surface area contributed by atoms with E-state index >= 15 is 0 Å². The number of nitrogens with one attached hydrogen (secondary N) is 1. The molecular formula is C10H11BrF5NS. The lowest BCUT2D eigenvalue weighted by Crippen LogP contribution is -2.48. The Labute approximate surface area is 114 Å². The number of alkyl halides is 5. The average molecular weight is 352 g/mol. The van der Waals surface area contributed by atoms with Crippen LogP contribution in [0.4, 0.5) is 22.0 Å². The van der Waals surface area contributed by atoms with Gasteiger partial charge >= 0.3 is 12.1 Å². The normalized spacial score (nSPS) is 14.8. The van der Waals surface area contributed by atoms with Gasteiger partial charge in [0.2, 0.25) is 0 Å². The smallest absolute Gasteiger partial charge is 0.304 e. The van der Waals surface area contributed by atoms with Crippen LogP contribution in [0, 0.1) is 0 Å². The summed E-state index contributed by atoms with van der Waals surface area (Å²) in [6.07, 6.45) is -5.12. The second-order valence-corrected chi connectivity index (χ2v) is 5.44. The maximum atomic E-state index is 13.5. The van der Waals surface area contributed by atoms with Crippen molar-refractivity contribution in [1.82, 2.24) is 5.32 Å². The predicted octanol–water partition coefficient (Wildman–Crippen LogP) is 4.75. The summed E-state index contributed by atoms with van der Waals surface area (Å²) in [6, 6.07) is -0.612. The van der Waals surface area contributed by atoms with Crippen LogP contribution in [0.25, 0.3) is 0 Å². The Morgan fingerprint density at radius 2 is 1.94 bits per heavy atom. The van der Waals surface area contributed by atoms with Crippen molar-refractivity contribution >= 4 is 27.3 Å². The van der Waals surface area contributed by atoms with Crippen molar-refractivity contribution < 1.29 is 22.0 Å². The third-order valence-electron chi connectivity index (χ3n) is 2.25. The molecule has 1 unspecified atom stereocenters. The molecule has 0 saturated carbocycles. The summed E-state index contributed by atoms with van der Waals surface area (Å²) in [4.78, 5) is -0.0502. The molecule has 0 aliphatic carbocycles. The summed E-state index contributed by atoms with van der Waals surface area (Å²) in [5.74, 6) is -4.81. The molecule has 1 aromatic heterocycles. The van der Waals surface area contributed by atoms with Crippen molar-refractivity contribution in [1.29, 1.82) is 0 Å². The van der Waals surface area contributed by atoms with E-state index < -0.39 is 18.1 Å². The van der Waals surface area contributed by atoms with Crippen LogP contribution in [0.2, 0.25) is 0 Å². The lowest BCUT2D eigenvalue weighted by molar-refractivity contribution is -0.294. The summed E-state index contributed by atoms with van der Waals surface area (Å²) in [6.45, 7) is 1.78. The second kappa shape index (κ2) is 5.83. The Morgan fingerprint density at radius 1 is 1.33 bits per heavy atom. The molecule has 0 aliphatic rings. The molecule has 104 valence electrons. The van der Waals surface area contributed by atoms with Gasteiger partial charge in [-0.2, -0.15) is 22.0 Å². The minimum atomic E-state index is -5.58. The van der Waals surface area contributed by atoms with Crippen molar-refractivity contribution in [2.45, 2.75) is 31.5 Å². The predicted molar refractivity (Wildman–Crippen MR) is 64.1 cm³/mol. The molecule has 0 saturated heterocycles. The van der Waals surface area contributed by atoms with Crippen LogP contribution in [0.5, 0.6) is 0 Å². The van der Waals surface area contributed by atoms with E-state index in [2.05, 4.69) is 21.2 Å². The quantitative estimate of drug-likeness (QED) is 0.755. The van der Waals surface area contributed by atoms with Crippen molar-refractivity contribution in [3.8, 4) is 0 Å². The number of rotatable bonds is 5. The molecule has 1 atom stereocenters. The Bertz CT molecular complexity index is 390. The minimum absolute atomic E-state index is 0.0502. The Kier molecular flexibility index (Phi) is 5.13. The molecule has 8 heteroatoms. The van der Waals surface area contributed by atoms with Crippen LogP contribution in [0.15, 0.2) is 15.9 Å². The number of hydrogen-bond acceptors (Lipinski definition) is 2. The average Bonchev–Trinajstić information content (AvgIpc) is 2.63. The molecule has 0 aromatic carbocycles.